The Kier molecular flexibility index (Phi) is 10.4. The molecule has 0 spiro atoms. The van der Waals surface area contributed by atoms with Gasteiger partial charge in [-0.05, 0) is 96.0 Å². The predicted octanol–water partition coefficient (Wildman–Crippen LogP) is 12.0. The van der Waals surface area contributed by atoms with Gasteiger partial charge in [-0.15, -0.1) is 41.3 Å². The van der Waals surface area contributed by atoms with Gasteiger partial charge in [-0.3, -0.25) is 4.68 Å². The maximum atomic E-state index is 6.72. The van der Waals surface area contributed by atoms with E-state index in [4.69, 9.17) is 14.8 Å². The van der Waals surface area contributed by atoms with Crippen molar-refractivity contribution in [1.82, 2.24) is 19.3 Å². The molecule has 0 saturated carbocycles. The summed E-state index contributed by atoms with van der Waals surface area (Å²) in [5.41, 5.74) is 12.3. The first-order valence-corrected chi connectivity index (χ1v) is 18.1. The summed E-state index contributed by atoms with van der Waals surface area (Å²) < 4.78 is 11.0. The first-order valence-electron chi connectivity index (χ1n) is 18.1. The molecule has 3 aromatic heterocycles. The van der Waals surface area contributed by atoms with Crippen LogP contribution < -0.4 is 4.74 Å². The molecule has 52 heavy (non-hydrogen) atoms. The van der Waals surface area contributed by atoms with Crippen LogP contribution in [0.25, 0.3) is 44.4 Å². The van der Waals surface area contributed by atoms with Gasteiger partial charge in [0.2, 0.25) is 0 Å². The van der Waals surface area contributed by atoms with E-state index in [2.05, 4.69) is 163 Å². The molecule has 0 aliphatic carbocycles. The molecule has 7 rings (SSSR count). The number of hydrogen-bond acceptors (Lipinski definition) is 3. The fourth-order valence-electron chi connectivity index (χ4n) is 7.38. The number of aryl methyl sites for hydroxylation is 3. The first-order chi connectivity index (χ1) is 24.3. The molecular formula is C46H48N4OPt. The third kappa shape index (κ3) is 7.00. The molecule has 0 unspecified atom stereocenters. The van der Waals surface area contributed by atoms with Gasteiger partial charge in [-0.2, -0.15) is 11.2 Å². The van der Waals surface area contributed by atoms with Crippen LogP contribution in [0.4, 0.5) is 0 Å². The summed E-state index contributed by atoms with van der Waals surface area (Å²) in [7, 11) is 0. The molecular weight excluding hydrogens is 820 g/mol. The normalized spacial score (nSPS) is 11.9. The Balaban J connectivity index is 0.00000464. The Morgan fingerprint density at radius 1 is 0.769 bits per heavy atom. The number of nitrogens with zero attached hydrogens (tertiary/aromatic N) is 4. The largest absolute Gasteiger partial charge is 2.00 e. The Bertz CT molecular complexity index is 2390. The molecule has 0 aliphatic rings. The van der Waals surface area contributed by atoms with E-state index < -0.39 is 0 Å². The van der Waals surface area contributed by atoms with Crippen molar-refractivity contribution in [1.29, 1.82) is 0 Å². The molecule has 0 saturated heterocycles. The Labute approximate surface area is 323 Å². The second-order valence-corrected chi connectivity index (χ2v) is 15.7. The molecule has 0 amide bonds. The third-order valence-electron chi connectivity index (χ3n) is 9.76. The van der Waals surface area contributed by atoms with Crippen LogP contribution in [-0.2, 0) is 32.9 Å². The number of pyridine rings is 1. The van der Waals surface area contributed by atoms with Crippen LogP contribution >= 0.6 is 0 Å². The SMILES string of the molecule is Cc1cccc(C)c1-c1c(C)nn(-c2[c-]c(Oc3[c-]c4c(cc3)c3ccccc3n4-c3cc(CC(C)C)ccn3)cc(C(C)(C)C)c2)c1C(C)C.[Pt+2]. The minimum atomic E-state index is -0.135. The van der Waals surface area contributed by atoms with Crippen LogP contribution in [0.3, 0.4) is 0 Å². The van der Waals surface area contributed by atoms with Gasteiger partial charge in [0, 0.05) is 28.8 Å². The standard InChI is InChI=1S/C46H48N4O.Pt/c1-28(2)22-33-20-21-47-42(23-33)49-40-17-12-11-16-38(40)39-19-18-36(27-41(39)49)51-37-25-34(46(8,9)10)24-35(26-37)50-45(29(3)4)44(32(7)48-50)43-30(5)14-13-15-31(43)6;/h11-21,23-25,28-29H,22H2,1-10H3;/q-2;+2. The molecule has 6 heteroatoms. The monoisotopic (exact) mass is 867 g/mol. The number of aromatic nitrogens is 4. The van der Waals surface area contributed by atoms with Gasteiger partial charge in [0.25, 0.3) is 0 Å². The van der Waals surface area contributed by atoms with Crippen molar-refractivity contribution >= 4 is 21.8 Å². The molecule has 0 bridgehead atoms. The van der Waals surface area contributed by atoms with E-state index in [1.54, 1.807) is 0 Å². The summed E-state index contributed by atoms with van der Waals surface area (Å²) >= 11 is 0. The van der Waals surface area contributed by atoms with Crippen LogP contribution in [0.1, 0.15) is 88.0 Å². The van der Waals surface area contributed by atoms with Gasteiger partial charge >= 0.3 is 21.1 Å². The summed E-state index contributed by atoms with van der Waals surface area (Å²) in [6, 6.07) is 35.0. The van der Waals surface area contributed by atoms with Crippen LogP contribution in [0, 0.1) is 38.8 Å². The topological polar surface area (TPSA) is 44.9 Å². The zero-order chi connectivity index (χ0) is 36.2. The molecule has 3 heterocycles. The molecule has 7 aromatic rings. The molecule has 4 aromatic carbocycles. The van der Waals surface area contributed by atoms with Crippen LogP contribution in [0.5, 0.6) is 11.5 Å². The van der Waals surface area contributed by atoms with Crippen molar-refractivity contribution in [3.05, 3.63) is 131 Å². The number of fused-ring (bicyclic) bond motifs is 3. The quantitative estimate of drug-likeness (QED) is 0.143. The van der Waals surface area contributed by atoms with Crippen LogP contribution in [0.2, 0.25) is 0 Å². The fraction of sp³-hybridized carbons (Fsp3) is 0.304. The van der Waals surface area contributed by atoms with Gasteiger partial charge in [-0.25, -0.2) is 4.98 Å². The van der Waals surface area contributed by atoms with Gasteiger partial charge in [0.05, 0.1) is 11.4 Å². The van der Waals surface area contributed by atoms with Gasteiger partial charge in [-0.1, -0.05) is 90.4 Å². The summed E-state index contributed by atoms with van der Waals surface area (Å²) in [5.74, 6) is 2.91. The molecule has 0 radical (unpaired) electrons. The van der Waals surface area contributed by atoms with E-state index in [9.17, 15) is 0 Å². The third-order valence-corrected chi connectivity index (χ3v) is 9.76. The predicted molar refractivity (Wildman–Crippen MR) is 211 cm³/mol. The second kappa shape index (κ2) is 14.5. The number of benzene rings is 4. The molecule has 0 N–H and O–H groups in total. The van der Waals surface area contributed by atoms with E-state index in [0.29, 0.717) is 17.4 Å². The smallest absolute Gasteiger partial charge is 0.509 e. The van der Waals surface area contributed by atoms with E-state index >= 15 is 0 Å². The van der Waals surface area contributed by atoms with Crippen molar-refractivity contribution in [2.45, 2.75) is 87.0 Å². The van der Waals surface area contributed by atoms with Gasteiger partial charge in [0.1, 0.15) is 5.82 Å². The minimum Gasteiger partial charge on any atom is -0.509 e. The number of hydrogen-bond donors (Lipinski definition) is 0. The fourth-order valence-corrected chi connectivity index (χ4v) is 7.38. The average Bonchev–Trinajstić information content (AvgIpc) is 3.58. The summed E-state index contributed by atoms with van der Waals surface area (Å²) in [5, 5.41) is 7.44. The van der Waals surface area contributed by atoms with Crippen molar-refractivity contribution in [2.24, 2.45) is 5.92 Å². The molecule has 268 valence electrons. The number of ether oxygens (including phenoxy) is 1. The average molecular weight is 868 g/mol. The summed E-state index contributed by atoms with van der Waals surface area (Å²) in [6.45, 7) is 22.2. The Hall–Kier alpha value is -4.47. The molecule has 0 atom stereocenters. The van der Waals surface area contributed by atoms with E-state index in [1.807, 2.05) is 12.3 Å². The zero-order valence-corrected chi connectivity index (χ0v) is 34.2. The van der Waals surface area contributed by atoms with E-state index in [-0.39, 0.29) is 32.4 Å². The van der Waals surface area contributed by atoms with Crippen molar-refractivity contribution in [3.63, 3.8) is 0 Å². The van der Waals surface area contributed by atoms with Crippen LogP contribution in [0.15, 0.2) is 85.1 Å². The number of rotatable bonds is 8. The van der Waals surface area contributed by atoms with Crippen molar-refractivity contribution in [3.8, 4) is 34.1 Å². The van der Waals surface area contributed by atoms with Crippen molar-refractivity contribution < 1.29 is 25.8 Å². The Morgan fingerprint density at radius 2 is 1.50 bits per heavy atom. The van der Waals surface area contributed by atoms with E-state index in [0.717, 1.165) is 51.0 Å². The second-order valence-electron chi connectivity index (χ2n) is 15.7. The zero-order valence-electron chi connectivity index (χ0n) is 32.0. The maximum Gasteiger partial charge on any atom is 2.00 e. The van der Waals surface area contributed by atoms with Crippen molar-refractivity contribution in [2.75, 3.05) is 0 Å². The number of para-hydroxylation sites is 1. The first kappa shape index (κ1) is 37.3. The van der Waals surface area contributed by atoms with Gasteiger partial charge < -0.3 is 9.30 Å². The Morgan fingerprint density at radius 3 is 2.19 bits per heavy atom. The molecule has 5 nitrogen and oxygen atoms in total. The van der Waals surface area contributed by atoms with Crippen LogP contribution in [-0.4, -0.2) is 19.3 Å². The minimum absolute atomic E-state index is 0. The maximum absolute atomic E-state index is 6.72. The summed E-state index contributed by atoms with van der Waals surface area (Å²) in [6.07, 6.45) is 2.91. The molecule has 0 aliphatic heterocycles. The van der Waals surface area contributed by atoms with Gasteiger partial charge in [0.15, 0.2) is 0 Å². The van der Waals surface area contributed by atoms with E-state index in [1.165, 1.54) is 33.5 Å². The summed E-state index contributed by atoms with van der Waals surface area (Å²) in [4.78, 5) is 4.84. The molecule has 0 fully saturated rings.